The Balaban J connectivity index is 0.00000300. The van der Waals surface area contributed by atoms with Crippen molar-refractivity contribution in [3.63, 3.8) is 0 Å². The van der Waals surface area contributed by atoms with E-state index in [9.17, 15) is 9.59 Å². The van der Waals surface area contributed by atoms with Crippen molar-refractivity contribution < 1.29 is 14.3 Å². The van der Waals surface area contributed by atoms with E-state index in [2.05, 4.69) is 12.2 Å². The maximum Gasteiger partial charge on any atom is 0.263 e. The topological polar surface area (TPSA) is 61.9 Å². The van der Waals surface area contributed by atoms with E-state index in [1.54, 1.807) is 6.92 Å². The number of hydrogen-bond acceptors (Lipinski definition) is 4. The number of halogens is 1. The largest absolute Gasteiger partial charge is 0.481 e. The van der Waals surface area contributed by atoms with Crippen molar-refractivity contribution >= 4 is 24.2 Å². The first-order valence-electron chi connectivity index (χ1n) is 10.6. The molecule has 2 amide bonds. The van der Waals surface area contributed by atoms with Crippen LogP contribution in [0.4, 0.5) is 0 Å². The van der Waals surface area contributed by atoms with Gasteiger partial charge in [0, 0.05) is 32.6 Å². The summed E-state index contributed by atoms with van der Waals surface area (Å²) in [6.07, 6.45) is 3.22. The summed E-state index contributed by atoms with van der Waals surface area (Å²) in [5, 5.41) is 3.35. The summed E-state index contributed by atoms with van der Waals surface area (Å²) < 4.78 is 5.82. The molecule has 7 heteroatoms. The van der Waals surface area contributed by atoms with Crippen LogP contribution in [0.25, 0.3) is 0 Å². The fraction of sp³-hybridized carbons (Fsp3) is 0.636. The second kappa shape index (κ2) is 11.4. The van der Waals surface area contributed by atoms with Crippen molar-refractivity contribution in [1.29, 1.82) is 0 Å². The summed E-state index contributed by atoms with van der Waals surface area (Å²) in [7, 11) is 0. The predicted octanol–water partition coefficient (Wildman–Crippen LogP) is 2.50. The Morgan fingerprint density at radius 2 is 1.79 bits per heavy atom. The molecule has 2 atom stereocenters. The summed E-state index contributed by atoms with van der Waals surface area (Å²) >= 11 is 0. The molecule has 2 fully saturated rings. The van der Waals surface area contributed by atoms with Gasteiger partial charge in [-0.3, -0.25) is 9.59 Å². The lowest BCUT2D eigenvalue weighted by Crippen LogP contribution is -2.53. The highest BCUT2D eigenvalue weighted by Crippen LogP contribution is 2.17. The van der Waals surface area contributed by atoms with Gasteiger partial charge in [0.2, 0.25) is 5.91 Å². The Morgan fingerprint density at radius 1 is 1.14 bits per heavy atom. The smallest absolute Gasteiger partial charge is 0.263 e. The third-order valence-electron chi connectivity index (χ3n) is 5.87. The lowest BCUT2D eigenvalue weighted by Gasteiger charge is -2.36. The van der Waals surface area contributed by atoms with E-state index in [-0.39, 0.29) is 24.2 Å². The van der Waals surface area contributed by atoms with Gasteiger partial charge in [-0.15, -0.1) is 12.4 Å². The number of nitrogens with one attached hydrogen (secondary N) is 1. The zero-order valence-electron chi connectivity index (χ0n) is 17.6. The quantitative estimate of drug-likeness (QED) is 0.731. The number of benzene rings is 1. The zero-order chi connectivity index (χ0) is 19.9. The van der Waals surface area contributed by atoms with Crippen LogP contribution in [-0.2, 0) is 16.0 Å². The Morgan fingerprint density at radius 3 is 2.38 bits per heavy atom. The first kappa shape index (κ1) is 23.5. The summed E-state index contributed by atoms with van der Waals surface area (Å²) in [6.45, 7) is 8.41. The number of carbonyl (C=O) groups is 2. The molecule has 0 saturated carbocycles. The van der Waals surface area contributed by atoms with Crippen molar-refractivity contribution in [1.82, 2.24) is 15.1 Å². The van der Waals surface area contributed by atoms with Gasteiger partial charge in [0.05, 0.1) is 0 Å². The van der Waals surface area contributed by atoms with Crippen molar-refractivity contribution in [2.45, 2.75) is 45.6 Å². The van der Waals surface area contributed by atoms with Crippen molar-refractivity contribution in [3.8, 4) is 5.75 Å². The van der Waals surface area contributed by atoms with Crippen LogP contribution in [-0.4, -0.2) is 67.0 Å². The maximum atomic E-state index is 12.7. The average molecular weight is 424 g/mol. The van der Waals surface area contributed by atoms with Crippen LogP contribution in [0.1, 0.15) is 38.7 Å². The molecule has 0 aliphatic carbocycles. The minimum atomic E-state index is -0.524. The molecule has 1 aromatic rings. The minimum absolute atomic E-state index is 0. The van der Waals surface area contributed by atoms with E-state index in [0.29, 0.717) is 44.3 Å². The van der Waals surface area contributed by atoms with Crippen LogP contribution < -0.4 is 10.1 Å². The monoisotopic (exact) mass is 423 g/mol. The highest BCUT2D eigenvalue weighted by Gasteiger charge is 2.28. The SMILES string of the molecule is CCc1ccc(OC(C)C(=O)N2CCN(C(=O)CCC3CCNC3)CC2)cc1.Cl. The third-order valence-corrected chi connectivity index (χ3v) is 5.87. The van der Waals surface area contributed by atoms with E-state index >= 15 is 0 Å². The van der Waals surface area contributed by atoms with Crippen LogP contribution in [0, 0.1) is 5.92 Å². The average Bonchev–Trinajstić information content (AvgIpc) is 3.26. The molecule has 0 aromatic heterocycles. The highest BCUT2D eigenvalue weighted by molar-refractivity contribution is 5.85. The molecular formula is C22H34ClN3O3. The van der Waals surface area contributed by atoms with Crippen molar-refractivity contribution in [3.05, 3.63) is 29.8 Å². The summed E-state index contributed by atoms with van der Waals surface area (Å²) in [6, 6.07) is 7.88. The van der Waals surface area contributed by atoms with E-state index in [1.807, 2.05) is 34.1 Å². The fourth-order valence-electron chi connectivity index (χ4n) is 3.94. The molecule has 1 N–H and O–H groups in total. The van der Waals surface area contributed by atoms with Crippen LogP contribution in [0.15, 0.2) is 24.3 Å². The summed E-state index contributed by atoms with van der Waals surface area (Å²) in [5.41, 5.74) is 1.25. The van der Waals surface area contributed by atoms with E-state index < -0.39 is 6.10 Å². The van der Waals surface area contributed by atoms with Gasteiger partial charge >= 0.3 is 0 Å². The molecular weight excluding hydrogens is 390 g/mol. The normalized spacial score (nSPS) is 20.1. The molecule has 2 saturated heterocycles. The molecule has 2 unspecified atom stereocenters. The molecule has 2 heterocycles. The first-order chi connectivity index (χ1) is 13.6. The first-order valence-corrected chi connectivity index (χ1v) is 10.6. The van der Waals surface area contributed by atoms with E-state index in [4.69, 9.17) is 4.74 Å². The number of carbonyl (C=O) groups excluding carboxylic acids is 2. The standard InChI is InChI=1S/C22H33N3O3.ClH/c1-3-18-4-7-20(8-5-18)28-17(2)22(27)25-14-12-24(13-15-25)21(26)9-6-19-10-11-23-16-19;/h4-5,7-8,17,19,23H,3,6,9-16H2,1-2H3;1H. The third kappa shape index (κ3) is 6.61. The number of hydrogen-bond donors (Lipinski definition) is 1. The molecule has 0 bridgehead atoms. The van der Waals surface area contributed by atoms with Gasteiger partial charge < -0.3 is 19.9 Å². The number of rotatable bonds is 7. The van der Waals surface area contributed by atoms with Crippen LogP contribution in [0.5, 0.6) is 5.75 Å². The number of aryl methyl sites for hydroxylation is 1. The lowest BCUT2D eigenvalue weighted by molar-refractivity contribution is -0.143. The fourth-order valence-corrected chi connectivity index (χ4v) is 3.94. The van der Waals surface area contributed by atoms with Gasteiger partial charge in [0.1, 0.15) is 5.75 Å². The number of amides is 2. The molecule has 29 heavy (non-hydrogen) atoms. The van der Waals surface area contributed by atoms with Gasteiger partial charge in [-0.25, -0.2) is 0 Å². The molecule has 6 nitrogen and oxygen atoms in total. The summed E-state index contributed by atoms with van der Waals surface area (Å²) in [5.74, 6) is 1.56. The van der Waals surface area contributed by atoms with Crippen molar-refractivity contribution in [2.24, 2.45) is 5.92 Å². The van der Waals surface area contributed by atoms with Gasteiger partial charge in [-0.2, -0.15) is 0 Å². The zero-order valence-corrected chi connectivity index (χ0v) is 18.4. The van der Waals surface area contributed by atoms with Gasteiger partial charge in [-0.05, 0) is 62.9 Å². The molecule has 2 aliphatic rings. The van der Waals surface area contributed by atoms with Gasteiger partial charge in [-0.1, -0.05) is 19.1 Å². The van der Waals surface area contributed by atoms with Gasteiger partial charge in [0.15, 0.2) is 6.10 Å². The highest BCUT2D eigenvalue weighted by atomic mass is 35.5. The number of nitrogens with zero attached hydrogens (tertiary/aromatic N) is 2. The number of ether oxygens (including phenoxy) is 1. The van der Waals surface area contributed by atoms with Crippen LogP contribution in [0.3, 0.4) is 0 Å². The van der Waals surface area contributed by atoms with Crippen molar-refractivity contribution in [2.75, 3.05) is 39.3 Å². The Kier molecular flexibility index (Phi) is 9.24. The van der Waals surface area contributed by atoms with Crippen LogP contribution >= 0.6 is 12.4 Å². The predicted molar refractivity (Wildman–Crippen MR) is 117 cm³/mol. The summed E-state index contributed by atoms with van der Waals surface area (Å²) in [4.78, 5) is 28.8. The molecule has 3 rings (SSSR count). The second-order valence-electron chi connectivity index (χ2n) is 7.86. The van der Waals surface area contributed by atoms with Gasteiger partial charge in [0.25, 0.3) is 5.91 Å². The maximum absolute atomic E-state index is 12.7. The molecule has 2 aliphatic heterocycles. The van der Waals surface area contributed by atoms with E-state index in [1.165, 1.54) is 12.0 Å². The minimum Gasteiger partial charge on any atom is -0.481 e. The second-order valence-corrected chi connectivity index (χ2v) is 7.86. The van der Waals surface area contributed by atoms with Crippen LogP contribution in [0.2, 0.25) is 0 Å². The molecule has 1 aromatic carbocycles. The number of piperazine rings is 1. The molecule has 162 valence electrons. The Labute approximate surface area is 180 Å². The Bertz CT molecular complexity index is 654. The van der Waals surface area contributed by atoms with E-state index in [0.717, 1.165) is 25.9 Å². The molecule has 0 spiro atoms. The lowest BCUT2D eigenvalue weighted by atomic mass is 10.0. The Hall–Kier alpha value is -1.79. The molecule has 0 radical (unpaired) electrons.